The van der Waals surface area contributed by atoms with Crippen LogP contribution in [0, 0.1) is 6.92 Å². The predicted octanol–water partition coefficient (Wildman–Crippen LogP) is 6.36. The Bertz CT molecular complexity index is 1350. The fourth-order valence-corrected chi connectivity index (χ4v) is 3.79. The lowest BCUT2D eigenvalue weighted by Crippen LogP contribution is -2.17. The minimum Gasteiger partial charge on any atom is -0.428 e. The summed E-state index contributed by atoms with van der Waals surface area (Å²) >= 11 is 6.03. The molecule has 0 saturated carbocycles. The van der Waals surface area contributed by atoms with Crippen molar-refractivity contribution in [3.05, 3.63) is 98.7 Å². The quantitative estimate of drug-likeness (QED) is 0.361. The van der Waals surface area contributed by atoms with Crippen LogP contribution in [0.15, 0.2) is 71.5 Å². The molecule has 3 aromatic carbocycles. The van der Waals surface area contributed by atoms with E-state index in [1.54, 1.807) is 43.3 Å². The summed E-state index contributed by atoms with van der Waals surface area (Å²) < 4.78 is 41.7. The van der Waals surface area contributed by atoms with Crippen molar-refractivity contribution in [2.75, 3.05) is 0 Å². The summed E-state index contributed by atoms with van der Waals surface area (Å²) in [5.74, 6) is -0.274. The SMILES string of the molecule is Cc1c(-c2ccc(Cc3ccc(OC(F)(F)F)cc3)cc2)n(O)c2cc(Cl)ccc2c1=O. The van der Waals surface area contributed by atoms with Gasteiger partial charge < -0.3 is 9.94 Å². The molecular formula is C24H17ClF3NO3. The second-order valence-corrected chi connectivity index (χ2v) is 7.78. The zero-order chi connectivity index (χ0) is 23.0. The van der Waals surface area contributed by atoms with Crippen LogP contribution in [0.5, 0.6) is 5.75 Å². The van der Waals surface area contributed by atoms with E-state index in [1.807, 2.05) is 12.1 Å². The van der Waals surface area contributed by atoms with Crippen molar-refractivity contribution in [2.45, 2.75) is 19.7 Å². The largest absolute Gasteiger partial charge is 0.573 e. The molecular weight excluding hydrogens is 443 g/mol. The highest BCUT2D eigenvalue weighted by Gasteiger charge is 2.30. The summed E-state index contributed by atoms with van der Waals surface area (Å²) in [6.45, 7) is 1.65. The van der Waals surface area contributed by atoms with E-state index in [0.717, 1.165) is 15.9 Å². The molecule has 0 aliphatic rings. The molecule has 4 rings (SSSR count). The maximum atomic E-state index is 12.8. The van der Waals surface area contributed by atoms with E-state index in [2.05, 4.69) is 4.74 Å². The van der Waals surface area contributed by atoms with Crippen LogP contribution in [0.4, 0.5) is 13.2 Å². The van der Waals surface area contributed by atoms with Crippen LogP contribution in [-0.2, 0) is 6.42 Å². The zero-order valence-electron chi connectivity index (χ0n) is 16.8. The van der Waals surface area contributed by atoms with Crippen LogP contribution < -0.4 is 10.2 Å². The number of halogens is 4. The van der Waals surface area contributed by atoms with Gasteiger partial charge in [-0.05, 0) is 54.8 Å². The molecule has 0 aliphatic heterocycles. The van der Waals surface area contributed by atoms with Crippen molar-refractivity contribution < 1.29 is 23.1 Å². The minimum atomic E-state index is -4.73. The number of aromatic nitrogens is 1. The number of hydrogen-bond donors (Lipinski definition) is 1. The van der Waals surface area contributed by atoms with E-state index in [1.165, 1.54) is 18.2 Å². The molecule has 4 nitrogen and oxygen atoms in total. The Labute approximate surface area is 186 Å². The lowest BCUT2D eigenvalue weighted by atomic mass is 9.99. The number of hydrogen-bond acceptors (Lipinski definition) is 3. The third kappa shape index (κ3) is 4.43. The number of rotatable bonds is 4. The molecule has 1 heterocycles. The summed E-state index contributed by atoms with van der Waals surface area (Å²) in [5.41, 5.74) is 3.24. The third-order valence-corrected chi connectivity index (χ3v) is 5.37. The second kappa shape index (κ2) is 8.24. The Morgan fingerprint density at radius 2 is 1.56 bits per heavy atom. The molecule has 8 heteroatoms. The van der Waals surface area contributed by atoms with Gasteiger partial charge in [-0.3, -0.25) is 4.79 Å². The fourth-order valence-electron chi connectivity index (χ4n) is 3.62. The lowest BCUT2D eigenvalue weighted by Gasteiger charge is -2.14. The predicted molar refractivity (Wildman–Crippen MR) is 117 cm³/mol. The van der Waals surface area contributed by atoms with Gasteiger partial charge in [-0.25, -0.2) is 0 Å². The molecule has 0 bridgehead atoms. The third-order valence-electron chi connectivity index (χ3n) is 5.13. The number of nitrogens with zero attached hydrogens (tertiary/aromatic N) is 1. The topological polar surface area (TPSA) is 51.5 Å². The summed E-state index contributed by atoms with van der Waals surface area (Å²) in [6.07, 6.45) is -4.23. The van der Waals surface area contributed by atoms with Crippen LogP contribution in [0.2, 0.25) is 5.02 Å². The number of ether oxygens (including phenoxy) is 1. The molecule has 0 radical (unpaired) electrons. The molecule has 0 spiro atoms. The lowest BCUT2D eigenvalue weighted by molar-refractivity contribution is -0.274. The Balaban J connectivity index is 1.62. The van der Waals surface area contributed by atoms with Crippen molar-refractivity contribution in [1.29, 1.82) is 0 Å². The van der Waals surface area contributed by atoms with E-state index in [-0.39, 0.29) is 11.2 Å². The molecule has 164 valence electrons. The molecule has 4 aromatic rings. The van der Waals surface area contributed by atoms with Crippen LogP contribution in [-0.4, -0.2) is 16.3 Å². The van der Waals surface area contributed by atoms with E-state index in [9.17, 15) is 23.2 Å². The maximum Gasteiger partial charge on any atom is 0.573 e. The van der Waals surface area contributed by atoms with E-state index >= 15 is 0 Å². The monoisotopic (exact) mass is 459 g/mol. The molecule has 0 amide bonds. The molecule has 32 heavy (non-hydrogen) atoms. The standard InChI is InChI=1S/C24H17ClF3NO3/c1-14-22(29(31)21-13-18(25)8-11-20(21)23(14)30)17-6-2-15(3-7-17)12-16-4-9-19(10-5-16)32-24(26,27)28/h2-11,13,31H,12H2,1H3. The first-order valence-electron chi connectivity index (χ1n) is 9.60. The average Bonchev–Trinajstić information content (AvgIpc) is 2.74. The summed E-state index contributed by atoms with van der Waals surface area (Å²) in [4.78, 5) is 12.8. The highest BCUT2D eigenvalue weighted by molar-refractivity contribution is 6.31. The number of alkyl halides is 3. The molecule has 1 N–H and O–H groups in total. The van der Waals surface area contributed by atoms with Crippen LogP contribution in [0.3, 0.4) is 0 Å². The minimum absolute atomic E-state index is 0.192. The maximum absolute atomic E-state index is 12.8. The zero-order valence-corrected chi connectivity index (χ0v) is 17.5. The first kappa shape index (κ1) is 21.8. The average molecular weight is 460 g/mol. The van der Waals surface area contributed by atoms with Crippen molar-refractivity contribution in [2.24, 2.45) is 0 Å². The number of pyridine rings is 1. The van der Waals surface area contributed by atoms with Crippen LogP contribution in [0.25, 0.3) is 22.2 Å². The molecule has 0 aliphatic carbocycles. The highest BCUT2D eigenvalue weighted by Crippen LogP contribution is 2.28. The Hall–Kier alpha value is -3.45. The summed E-state index contributed by atoms with van der Waals surface area (Å²) in [6, 6.07) is 17.6. The molecule has 1 aromatic heterocycles. The van der Waals surface area contributed by atoms with Gasteiger partial charge in [0.25, 0.3) is 0 Å². The van der Waals surface area contributed by atoms with Crippen molar-refractivity contribution in [3.63, 3.8) is 0 Å². The molecule has 0 fully saturated rings. The summed E-state index contributed by atoms with van der Waals surface area (Å²) in [7, 11) is 0. The van der Waals surface area contributed by atoms with Crippen molar-refractivity contribution in [3.8, 4) is 17.0 Å². The smallest absolute Gasteiger partial charge is 0.428 e. The Morgan fingerprint density at radius 3 is 2.16 bits per heavy atom. The van der Waals surface area contributed by atoms with E-state index in [4.69, 9.17) is 11.6 Å². The van der Waals surface area contributed by atoms with Gasteiger partial charge in [0.2, 0.25) is 0 Å². The van der Waals surface area contributed by atoms with Crippen molar-refractivity contribution >= 4 is 22.5 Å². The van der Waals surface area contributed by atoms with E-state index < -0.39 is 6.36 Å². The first-order chi connectivity index (χ1) is 15.1. The molecule has 0 unspecified atom stereocenters. The van der Waals surface area contributed by atoms with Gasteiger partial charge in [0, 0.05) is 21.5 Å². The fraction of sp³-hybridized carbons (Fsp3) is 0.125. The Kier molecular flexibility index (Phi) is 5.60. The van der Waals surface area contributed by atoms with Crippen LogP contribution in [0.1, 0.15) is 16.7 Å². The molecule has 0 saturated heterocycles. The van der Waals surface area contributed by atoms with Crippen LogP contribution >= 0.6 is 11.6 Å². The van der Waals surface area contributed by atoms with Gasteiger partial charge >= 0.3 is 6.36 Å². The van der Waals surface area contributed by atoms with E-state index in [0.29, 0.717) is 39.2 Å². The highest BCUT2D eigenvalue weighted by atomic mass is 35.5. The second-order valence-electron chi connectivity index (χ2n) is 7.34. The van der Waals surface area contributed by atoms with Gasteiger partial charge in [-0.2, -0.15) is 4.73 Å². The van der Waals surface area contributed by atoms with Gasteiger partial charge in [-0.15, -0.1) is 13.2 Å². The Morgan fingerprint density at radius 1 is 0.969 bits per heavy atom. The normalized spacial score (nSPS) is 11.7. The first-order valence-corrected chi connectivity index (χ1v) is 9.98. The number of fused-ring (bicyclic) bond motifs is 1. The molecule has 0 atom stereocenters. The van der Waals surface area contributed by atoms with Crippen molar-refractivity contribution in [1.82, 2.24) is 4.73 Å². The van der Waals surface area contributed by atoms with Gasteiger partial charge in [0.05, 0.1) is 11.2 Å². The number of benzene rings is 3. The van der Waals surface area contributed by atoms with Gasteiger partial charge in [0.15, 0.2) is 5.43 Å². The van der Waals surface area contributed by atoms with Gasteiger partial charge in [-0.1, -0.05) is 48.0 Å². The van der Waals surface area contributed by atoms with Gasteiger partial charge in [0.1, 0.15) is 5.75 Å². The summed E-state index contributed by atoms with van der Waals surface area (Å²) in [5, 5.41) is 11.5.